The monoisotopic (exact) mass is 291 g/mol. The fourth-order valence-corrected chi connectivity index (χ4v) is 2.64. The summed E-state index contributed by atoms with van der Waals surface area (Å²) >= 11 is 0. The van der Waals surface area contributed by atoms with Gasteiger partial charge in [0.15, 0.2) is 5.65 Å². The van der Waals surface area contributed by atoms with Crippen LogP contribution in [-0.2, 0) is 7.05 Å². The topological polar surface area (TPSA) is 68.5 Å². The van der Waals surface area contributed by atoms with Gasteiger partial charge in [0.2, 0.25) is 0 Å². The molecule has 1 N–H and O–H groups in total. The minimum Gasteiger partial charge on any atom is -0.312 e. The van der Waals surface area contributed by atoms with Crippen molar-refractivity contribution in [1.29, 1.82) is 0 Å². The summed E-state index contributed by atoms with van der Waals surface area (Å²) in [6.45, 7) is 0. The summed E-state index contributed by atoms with van der Waals surface area (Å²) in [5, 5.41) is 4.76. The SMILES string of the molecule is Cn1cc(-c2cn(-c3ccccc3)c3nc[nH]c(=O)c23)cn1. The van der Waals surface area contributed by atoms with E-state index in [1.54, 1.807) is 10.9 Å². The molecular formula is C16H13N5O. The quantitative estimate of drug-likeness (QED) is 0.615. The highest BCUT2D eigenvalue weighted by atomic mass is 16.1. The lowest BCUT2D eigenvalue weighted by molar-refractivity contribution is 0.768. The normalized spacial score (nSPS) is 11.1. The smallest absolute Gasteiger partial charge is 0.260 e. The number of nitrogens with zero attached hydrogens (tertiary/aromatic N) is 4. The highest BCUT2D eigenvalue weighted by molar-refractivity contribution is 5.94. The second-order valence-electron chi connectivity index (χ2n) is 5.08. The van der Waals surface area contributed by atoms with Gasteiger partial charge in [-0.2, -0.15) is 5.10 Å². The lowest BCUT2D eigenvalue weighted by Gasteiger charge is -2.02. The van der Waals surface area contributed by atoms with Gasteiger partial charge in [-0.25, -0.2) is 4.98 Å². The van der Waals surface area contributed by atoms with Gasteiger partial charge in [0.05, 0.1) is 17.9 Å². The molecule has 0 bridgehead atoms. The van der Waals surface area contributed by atoms with Gasteiger partial charge in [-0.15, -0.1) is 0 Å². The number of fused-ring (bicyclic) bond motifs is 1. The second kappa shape index (κ2) is 4.70. The van der Waals surface area contributed by atoms with Crippen LogP contribution in [0.1, 0.15) is 0 Å². The van der Waals surface area contributed by atoms with Gasteiger partial charge in [0.1, 0.15) is 0 Å². The van der Waals surface area contributed by atoms with Crippen LogP contribution in [0.3, 0.4) is 0 Å². The van der Waals surface area contributed by atoms with Gasteiger partial charge >= 0.3 is 0 Å². The first kappa shape index (κ1) is 12.6. The van der Waals surface area contributed by atoms with Gasteiger partial charge < -0.3 is 9.55 Å². The Kier molecular flexibility index (Phi) is 2.69. The first-order valence-corrected chi connectivity index (χ1v) is 6.87. The van der Waals surface area contributed by atoms with E-state index in [0.29, 0.717) is 11.0 Å². The predicted molar refractivity (Wildman–Crippen MR) is 83.9 cm³/mol. The Balaban J connectivity index is 2.08. The first-order valence-electron chi connectivity index (χ1n) is 6.87. The molecule has 0 spiro atoms. The van der Waals surface area contributed by atoms with E-state index >= 15 is 0 Å². The number of rotatable bonds is 2. The van der Waals surface area contributed by atoms with Gasteiger partial charge in [-0.3, -0.25) is 9.48 Å². The number of nitrogens with one attached hydrogen (secondary N) is 1. The van der Waals surface area contributed by atoms with E-state index in [-0.39, 0.29) is 5.56 Å². The maximum Gasteiger partial charge on any atom is 0.260 e. The van der Waals surface area contributed by atoms with E-state index < -0.39 is 0 Å². The van der Waals surface area contributed by atoms with E-state index in [0.717, 1.165) is 16.8 Å². The van der Waals surface area contributed by atoms with Crippen molar-refractivity contribution in [2.45, 2.75) is 0 Å². The molecule has 3 aromatic heterocycles. The van der Waals surface area contributed by atoms with Crippen LogP contribution in [0.5, 0.6) is 0 Å². The molecule has 6 heteroatoms. The molecule has 108 valence electrons. The third kappa shape index (κ3) is 1.85. The zero-order valence-corrected chi connectivity index (χ0v) is 11.9. The molecule has 3 heterocycles. The van der Waals surface area contributed by atoms with Crippen LogP contribution < -0.4 is 5.56 Å². The Morgan fingerprint density at radius 2 is 1.95 bits per heavy atom. The fraction of sp³-hybridized carbons (Fsp3) is 0.0625. The summed E-state index contributed by atoms with van der Waals surface area (Å²) in [5.74, 6) is 0. The predicted octanol–water partition coefficient (Wildman–Crippen LogP) is 2.11. The van der Waals surface area contributed by atoms with E-state index in [9.17, 15) is 4.79 Å². The van der Waals surface area contributed by atoms with Crippen LogP contribution in [0.2, 0.25) is 0 Å². The van der Waals surface area contributed by atoms with Crippen molar-refractivity contribution >= 4 is 11.0 Å². The molecule has 6 nitrogen and oxygen atoms in total. The number of benzene rings is 1. The van der Waals surface area contributed by atoms with Crippen molar-refractivity contribution in [1.82, 2.24) is 24.3 Å². The molecule has 4 aromatic rings. The standard InChI is InChI=1S/C16H13N5O/c1-20-8-11(7-19-20)13-9-21(12-5-3-2-4-6-12)15-14(13)16(22)18-10-17-15/h2-10H,1H3,(H,17,18,22). The largest absolute Gasteiger partial charge is 0.312 e. The van der Waals surface area contributed by atoms with Crippen molar-refractivity contribution in [3.63, 3.8) is 0 Å². The molecule has 1 aromatic carbocycles. The number of para-hydroxylation sites is 1. The molecule has 22 heavy (non-hydrogen) atoms. The van der Waals surface area contributed by atoms with Crippen molar-refractivity contribution in [3.05, 3.63) is 65.6 Å². The average molecular weight is 291 g/mol. The molecule has 0 aliphatic rings. The lowest BCUT2D eigenvalue weighted by atomic mass is 10.1. The highest BCUT2D eigenvalue weighted by Gasteiger charge is 2.16. The van der Waals surface area contributed by atoms with Crippen LogP contribution in [0.4, 0.5) is 0 Å². The van der Waals surface area contributed by atoms with E-state index in [2.05, 4.69) is 15.1 Å². The van der Waals surface area contributed by atoms with Gasteiger partial charge in [-0.05, 0) is 12.1 Å². The molecule has 0 saturated carbocycles. The van der Waals surface area contributed by atoms with E-state index in [1.165, 1.54) is 6.33 Å². The molecule has 0 aliphatic carbocycles. The summed E-state index contributed by atoms with van der Waals surface area (Å²) in [4.78, 5) is 19.3. The first-order chi connectivity index (χ1) is 10.7. The molecule has 0 radical (unpaired) electrons. The molecule has 0 atom stereocenters. The van der Waals surface area contributed by atoms with Gasteiger partial charge in [0.25, 0.3) is 5.56 Å². The summed E-state index contributed by atoms with van der Waals surface area (Å²) < 4.78 is 3.64. The Morgan fingerprint density at radius 3 is 2.68 bits per heavy atom. The van der Waals surface area contributed by atoms with Crippen molar-refractivity contribution in [2.75, 3.05) is 0 Å². The maximum atomic E-state index is 12.3. The number of H-pyrrole nitrogens is 1. The number of hydrogen-bond donors (Lipinski definition) is 1. The number of aryl methyl sites for hydroxylation is 1. The Bertz CT molecular complexity index is 1010. The van der Waals surface area contributed by atoms with Gasteiger partial charge in [-0.1, -0.05) is 18.2 Å². The molecule has 0 aliphatic heterocycles. The van der Waals surface area contributed by atoms with Crippen LogP contribution >= 0.6 is 0 Å². The molecule has 0 amide bonds. The van der Waals surface area contributed by atoms with Crippen LogP contribution in [0.15, 0.2) is 60.0 Å². The average Bonchev–Trinajstić information content (AvgIpc) is 3.13. The van der Waals surface area contributed by atoms with Crippen LogP contribution in [-0.4, -0.2) is 24.3 Å². The van der Waals surface area contributed by atoms with Crippen molar-refractivity contribution in [2.24, 2.45) is 7.05 Å². The summed E-state index contributed by atoms with van der Waals surface area (Å²) in [6, 6.07) is 9.83. The molecule has 0 saturated heterocycles. The van der Waals surface area contributed by atoms with Crippen molar-refractivity contribution in [3.8, 4) is 16.8 Å². The fourth-order valence-electron chi connectivity index (χ4n) is 2.64. The van der Waals surface area contributed by atoms with Gasteiger partial charge in [0, 0.05) is 36.3 Å². The Morgan fingerprint density at radius 1 is 1.14 bits per heavy atom. The maximum absolute atomic E-state index is 12.3. The second-order valence-corrected chi connectivity index (χ2v) is 5.08. The number of aromatic amines is 1. The third-order valence-corrected chi connectivity index (χ3v) is 3.64. The minimum atomic E-state index is -0.154. The Labute approximate surface area is 125 Å². The summed E-state index contributed by atoms with van der Waals surface area (Å²) in [6.07, 6.45) is 6.99. The van der Waals surface area contributed by atoms with Crippen LogP contribution in [0.25, 0.3) is 27.8 Å². The minimum absolute atomic E-state index is 0.154. The van der Waals surface area contributed by atoms with Crippen LogP contribution in [0, 0.1) is 0 Å². The number of aromatic nitrogens is 5. The molecule has 0 fully saturated rings. The third-order valence-electron chi connectivity index (χ3n) is 3.64. The zero-order chi connectivity index (χ0) is 15.1. The molecule has 4 rings (SSSR count). The highest BCUT2D eigenvalue weighted by Crippen LogP contribution is 2.28. The van der Waals surface area contributed by atoms with E-state index in [4.69, 9.17) is 0 Å². The molecular weight excluding hydrogens is 278 g/mol. The molecule has 0 unspecified atom stereocenters. The Hall–Kier alpha value is -3.15. The number of hydrogen-bond acceptors (Lipinski definition) is 3. The summed E-state index contributed by atoms with van der Waals surface area (Å²) in [5.41, 5.74) is 3.15. The lowest BCUT2D eigenvalue weighted by Crippen LogP contribution is -2.07. The zero-order valence-electron chi connectivity index (χ0n) is 11.9. The summed E-state index contributed by atoms with van der Waals surface area (Å²) in [7, 11) is 1.85. The van der Waals surface area contributed by atoms with Crippen molar-refractivity contribution < 1.29 is 0 Å². The van der Waals surface area contributed by atoms with E-state index in [1.807, 2.05) is 54.3 Å².